The molecule has 0 amide bonds. The molecule has 0 saturated heterocycles. The molecule has 5 nitrogen and oxygen atoms in total. The van der Waals surface area contributed by atoms with E-state index in [1.54, 1.807) is 12.3 Å². The normalized spacial score (nSPS) is 12.7. The predicted octanol–water partition coefficient (Wildman–Crippen LogP) is 8.08. The number of aromatic amines is 2. The van der Waals surface area contributed by atoms with Crippen LogP contribution in [0.1, 0.15) is 30.9 Å². The lowest BCUT2D eigenvalue weighted by atomic mass is 9.98. The number of rotatable bonds is 9. The first-order valence-electron chi connectivity index (χ1n) is 13.2. The van der Waals surface area contributed by atoms with Crippen LogP contribution in [0.2, 0.25) is 0 Å². The summed E-state index contributed by atoms with van der Waals surface area (Å²) in [5, 5.41) is 9.77. The fourth-order valence-corrected chi connectivity index (χ4v) is 5.06. The molecule has 6 heteroatoms. The van der Waals surface area contributed by atoms with Crippen LogP contribution in [0.4, 0.5) is 4.39 Å². The van der Waals surface area contributed by atoms with Gasteiger partial charge in [-0.25, -0.2) is 9.37 Å². The molecule has 0 aliphatic heterocycles. The summed E-state index contributed by atoms with van der Waals surface area (Å²) in [7, 11) is 4.19. The second-order valence-corrected chi connectivity index (χ2v) is 10.2. The summed E-state index contributed by atoms with van der Waals surface area (Å²) in [5.41, 5.74) is 9.48. The Morgan fingerprint density at radius 2 is 1.92 bits per heavy atom. The zero-order chi connectivity index (χ0) is 27.5. The molecule has 198 valence electrons. The van der Waals surface area contributed by atoms with Gasteiger partial charge in [0.05, 0.1) is 11.2 Å². The van der Waals surface area contributed by atoms with Crippen LogP contribution in [0.25, 0.3) is 50.0 Å². The van der Waals surface area contributed by atoms with Gasteiger partial charge in [0, 0.05) is 17.0 Å². The number of pyridine rings is 1. The zero-order valence-corrected chi connectivity index (χ0v) is 23.0. The van der Waals surface area contributed by atoms with Gasteiger partial charge in [-0.05, 0) is 117 Å². The second kappa shape index (κ2) is 11.2. The van der Waals surface area contributed by atoms with Gasteiger partial charge < -0.3 is 9.88 Å². The minimum atomic E-state index is -0.248. The highest BCUT2D eigenvalue weighted by atomic mass is 19.1. The molecule has 0 aliphatic carbocycles. The summed E-state index contributed by atoms with van der Waals surface area (Å²) in [6.07, 6.45) is 10.1. The minimum Gasteiger partial charge on any atom is -0.338 e. The molecule has 5 aromatic rings. The van der Waals surface area contributed by atoms with Crippen molar-refractivity contribution in [1.29, 1.82) is 0 Å². The molecule has 0 unspecified atom stereocenters. The van der Waals surface area contributed by atoms with E-state index in [4.69, 9.17) is 0 Å². The van der Waals surface area contributed by atoms with Gasteiger partial charge in [-0.2, -0.15) is 5.10 Å². The van der Waals surface area contributed by atoms with Gasteiger partial charge in [-0.15, -0.1) is 0 Å². The van der Waals surface area contributed by atoms with Crippen molar-refractivity contribution in [2.75, 3.05) is 20.6 Å². The van der Waals surface area contributed by atoms with E-state index in [1.165, 1.54) is 11.6 Å². The van der Waals surface area contributed by atoms with Gasteiger partial charge in [0.1, 0.15) is 17.2 Å². The zero-order valence-electron chi connectivity index (χ0n) is 23.0. The number of nitrogens with zero attached hydrogens (tertiary/aromatic N) is 3. The maximum Gasteiger partial charge on any atom is 0.138 e. The number of aryl methyl sites for hydroxylation is 1. The lowest BCUT2D eigenvalue weighted by molar-refractivity contribution is 0.400. The monoisotopic (exact) mass is 519 g/mol. The van der Waals surface area contributed by atoms with Crippen molar-refractivity contribution in [3.63, 3.8) is 0 Å². The van der Waals surface area contributed by atoms with Crippen molar-refractivity contribution in [2.45, 2.75) is 26.7 Å². The number of fused-ring (bicyclic) bond motifs is 2. The molecule has 0 bridgehead atoms. The van der Waals surface area contributed by atoms with E-state index >= 15 is 0 Å². The molecule has 0 radical (unpaired) electrons. The van der Waals surface area contributed by atoms with E-state index in [9.17, 15) is 4.39 Å². The second-order valence-electron chi connectivity index (χ2n) is 10.2. The van der Waals surface area contributed by atoms with Crippen LogP contribution in [0.5, 0.6) is 0 Å². The average molecular weight is 520 g/mol. The SMILES string of the molecule is C=C/C(=C\C(=C/C)c1ccc2[nH]nc(-c3cc4c(-c5cc(C)cc(F)c5)ccnc4[nH]3)c2c1)CCCN(C)C. The summed E-state index contributed by atoms with van der Waals surface area (Å²) >= 11 is 0. The van der Waals surface area contributed by atoms with Gasteiger partial charge in [-0.1, -0.05) is 36.9 Å². The number of benzene rings is 2. The Bertz CT molecular complexity index is 1700. The third-order valence-corrected chi connectivity index (χ3v) is 7.02. The third-order valence-electron chi connectivity index (χ3n) is 7.02. The first-order valence-corrected chi connectivity index (χ1v) is 13.2. The minimum absolute atomic E-state index is 0.248. The van der Waals surface area contributed by atoms with E-state index in [0.29, 0.717) is 0 Å². The van der Waals surface area contributed by atoms with E-state index in [1.807, 2.05) is 25.1 Å². The van der Waals surface area contributed by atoms with E-state index in [-0.39, 0.29) is 5.82 Å². The van der Waals surface area contributed by atoms with Crippen molar-refractivity contribution in [3.05, 3.63) is 102 Å². The topological polar surface area (TPSA) is 60.6 Å². The maximum atomic E-state index is 14.2. The molecule has 3 heterocycles. The number of hydrogen-bond acceptors (Lipinski definition) is 3. The fourth-order valence-electron chi connectivity index (χ4n) is 5.06. The number of halogens is 1. The van der Waals surface area contributed by atoms with Gasteiger partial charge in [-0.3, -0.25) is 5.10 Å². The van der Waals surface area contributed by atoms with E-state index in [2.05, 4.69) is 89.1 Å². The number of aromatic nitrogens is 4. The van der Waals surface area contributed by atoms with E-state index in [0.717, 1.165) is 80.5 Å². The Kier molecular flexibility index (Phi) is 7.57. The molecular weight excluding hydrogens is 485 g/mol. The Hall–Kier alpha value is -4.29. The summed E-state index contributed by atoms with van der Waals surface area (Å²) in [4.78, 5) is 10.2. The first kappa shape index (κ1) is 26.3. The van der Waals surface area contributed by atoms with Crippen molar-refractivity contribution in [1.82, 2.24) is 25.1 Å². The van der Waals surface area contributed by atoms with Crippen LogP contribution in [0, 0.1) is 12.7 Å². The number of nitrogens with one attached hydrogen (secondary N) is 2. The molecule has 0 atom stereocenters. The highest BCUT2D eigenvalue weighted by Gasteiger charge is 2.15. The summed E-state index contributed by atoms with van der Waals surface area (Å²) < 4.78 is 14.2. The van der Waals surface area contributed by atoms with Crippen LogP contribution >= 0.6 is 0 Å². The Balaban J connectivity index is 1.53. The van der Waals surface area contributed by atoms with Crippen molar-refractivity contribution in [2.24, 2.45) is 0 Å². The predicted molar refractivity (Wildman–Crippen MR) is 161 cm³/mol. The van der Waals surface area contributed by atoms with Crippen LogP contribution in [-0.4, -0.2) is 45.7 Å². The molecule has 0 spiro atoms. The largest absolute Gasteiger partial charge is 0.338 e. The van der Waals surface area contributed by atoms with E-state index < -0.39 is 0 Å². The average Bonchev–Trinajstić information content (AvgIpc) is 3.53. The Morgan fingerprint density at radius 1 is 1.08 bits per heavy atom. The van der Waals surface area contributed by atoms with Crippen molar-refractivity contribution in [3.8, 4) is 22.5 Å². The summed E-state index contributed by atoms with van der Waals surface area (Å²) in [6, 6.07) is 15.4. The number of hydrogen-bond donors (Lipinski definition) is 2. The molecule has 39 heavy (non-hydrogen) atoms. The molecule has 0 aliphatic rings. The third kappa shape index (κ3) is 5.61. The van der Waals surface area contributed by atoms with Gasteiger partial charge in [0.2, 0.25) is 0 Å². The smallest absolute Gasteiger partial charge is 0.138 e. The standard InChI is InChI=1S/C33H34FN5/c1-6-22(9-8-14-39(4)5)17-23(7-2)24-10-11-30-29(19-24)32(38-37-30)31-20-28-27(12-13-35-33(28)36-31)25-15-21(3)16-26(34)18-25/h6-7,10-13,15-20H,1,8-9,14H2,2-5H3,(H,35,36)(H,37,38)/b22-17+,23-7+. The van der Waals surface area contributed by atoms with Gasteiger partial charge in [0.15, 0.2) is 0 Å². The molecule has 0 saturated carbocycles. The quantitative estimate of drug-likeness (QED) is 0.194. The molecular formula is C33H34FN5. The number of allylic oxidation sites excluding steroid dienone is 5. The Labute approximate surface area is 228 Å². The Morgan fingerprint density at radius 3 is 2.67 bits per heavy atom. The lowest BCUT2D eigenvalue weighted by Gasteiger charge is -2.10. The molecule has 5 rings (SSSR count). The highest BCUT2D eigenvalue weighted by Crippen LogP contribution is 2.35. The van der Waals surface area contributed by atoms with Crippen molar-refractivity contribution >= 4 is 27.5 Å². The van der Waals surface area contributed by atoms with Crippen molar-refractivity contribution < 1.29 is 4.39 Å². The molecule has 0 fully saturated rings. The molecule has 2 aromatic carbocycles. The van der Waals surface area contributed by atoms with Gasteiger partial charge in [0.25, 0.3) is 0 Å². The highest BCUT2D eigenvalue weighted by molar-refractivity contribution is 6.00. The summed E-state index contributed by atoms with van der Waals surface area (Å²) in [6.45, 7) is 9.04. The van der Waals surface area contributed by atoms with Crippen LogP contribution in [0.15, 0.2) is 85.1 Å². The lowest BCUT2D eigenvalue weighted by Crippen LogP contribution is -2.12. The maximum absolute atomic E-state index is 14.2. The van der Waals surface area contributed by atoms with Crippen LogP contribution in [-0.2, 0) is 0 Å². The van der Waals surface area contributed by atoms with Crippen LogP contribution in [0.3, 0.4) is 0 Å². The number of H-pyrrole nitrogens is 2. The molecule has 3 aromatic heterocycles. The molecule has 2 N–H and O–H groups in total. The summed E-state index contributed by atoms with van der Waals surface area (Å²) in [5.74, 6) is -0.248. The fraction of sp³-hybridized carbons (Fsp3) is 0.212. The van der Waals surface area contributed by atoms with Crippen LogP contribution < -0.4 is 0 Å². The van der Waals surface area contributed by atoms with Gasteiger partial charge >= 0.3 is 0 Å². The first-order chi connectivity index (χ1) is 18.9.